The fraction of sp³-hybridized carbons (Fsp3) is 0.300. The Bertz CT molecular complexity index is 651. The predicted molar refractivity (Wildman–Crippen MR) is 96.8 cm³/mol. The van der Waals surface area contributed by atoms with Crippen LogP contribution in [0, 0.1) is 0 Å². The summed E-state index contributed by atoms with van der Waals surface area (Å²) in [6.45, 7) is 3.47. The fourth-order valence-electron chi connectivity index (χ4n) is 2.15. The molecular formula is C20H24N2O2. The highest BCUT2D eigenvalue weighted by Gasteiger charge is 2.04. The third kappa shape index (κ3) is 5.88. The minimum absolute atomic E-state index is 0.00429. The Balaban J connectivity index is 1.82. The smallest absolute Gasteiger partial charge is 0.246 e. The lowest BCUT2D eigenvalue weighted by molar-refractivity contribution is -0.124. The zero-order chi connectivity index (χ0) is 17.2. The molecule has 0 saturated heterocycles. The second-order valence-corrected chi connectivity index (χ2v) is 5.62. The number of carbonyl (C=O) groups excluding carboxylic acids is 1. The number of amides is 1. The van der Waals surface area contributed by atoms with Gasteiger partial charge in [-0.1, -0.05) is 19.1 Å². The number of nitrogens with zero attached hydrogens (tertiary/aromatic N) is 2. The van der Waals surface area contributed by atoms with Gasteiger partial charge in [0.2, 0.25) is 5.91 Å². The number of pyridine rings is 1. The molecule has 1 amide bonds. The van der Waals surface area contributed by atoms with E-state index in [0.717, 1.165) is 30.8 Å². The molecule has 0 fully saturated rings. The molecule has 0 spiro atoms. The standard InChI is InChI=1S/C20H24N2O2/c1-3-16-24-19-7-4-17(5-8-19)6-9-20(23)22(2)15-12-18-10-13-21-14-11-18/h4-11,13-14H,3,12,15-16H2,1-2H3/b9-6+. The summed E-state index contributed by atoms with van der Waals surface area (Å²) in [6.07, 6.45) is 8.78. The van der Waals surface area contributed by atoms with Gasteiger partial charge < -0.3 is 9.64 Å². The molecule has 0 aliphatic heterocycles. The van der Waals surface area contributed by atoms with Crippen molar-refractivity contribution in [1.29, 1.82) is 0 Å². The van der Waals surface area contributed by atoms with Crippen LogP contribution in [0.3, 0.4) is 0 Å². The molecule has 0 atom stereocenters. The molecular weight excluding hydrogens is 300 g/mol. The minimum Gasteiger partial charge on any atom is -0.494 e. The Morgan fingerprint density at radius 2 is 1.88 bits per heavy atom. The van der Waals surface area contributed by atoms with Crippen molar-refractivity contribution in [3.63, 3.8) is 0 Å². The summed E-state index contributed by atoms with van der Waals surface area (Å²) in [4.78, 5) is 17.9. The van der Waals surface area contributed by atoms with Crippen LogP contribution in [-0.4, -0.2) is 36.0 Å². The highest BCUT2D eigenvalue weighted by Crippen LogP contribution is 2.13. The average molecular weight is 324 g/mol. The number of benzene rings is 1. The van der Waals surface area contributed by atoms with Crippen LogP contribution in [0.5, 0.6) is 5.75 Å². The molecule has 2 aromatic rings. The first-order valence-corrected chi connectivity index (χ1v) is 8.24. The summed E-state index contributed by atoms with van der Waals surface area (Å²) in [7, 11) is 1.82. The first-order valence-electron chi connectivity index (χ1n) is 8.24. The lowest BCUT2D eigenvalue weighted by atomic mass is 10.2. The fourth-order valence-corrected chi connectivity index (χ4v) is 2.15. The van der Waals surface area contributed by atoms with Gasteiger partial charge in [-0.3, -0.25) is 9.78 Å². The summed E-state index contributed by atoms with van der Waals surface area (Å²) >= 11 is 0. The number of likely N-dealkylation sites (N-methyl/N-ethyl adjacent to an activating group) is 1. The van der Waals surface area contributed by atoms with E-state index in [-0.39, 0.29) is 5.91 Å². The van der Waals surface area contributed by atoms with Crippen molar-refractivity contribution in [3.05, 3.63) is 66.0 Å². The molecule has 1 aromatic carbocycles. The van der Waals surface area contributed by atoms with Gasteiger partial charge in [-0.25, -0.2) is 0 Å². The molecule has 0 aliphatic rings. The first-order chi connectivity index (χ1) is 11.7. The number of hydrogen-bond donors (Lipinski definition) is 0. The Labute approximate surface area is 143 Å². The summed E-state index contributed by atoms with van der Waals surface area (Å²) in [5.74, 6) is 0.852. The van der Waals surface area contributed by atoms with Gasteiger partial charge in [0.15, 0.2) is 0 Å². The molecule has 0 bridgehead atoms. The maximum absolute atomic E-state index is 12.1. The van der Waals surface area contributed by atoms with E-state index in [1.165, 1.54) is 5.56 Å². The van der Waals surface area contributed by atoms with Crippen molar-refractivity contribution < 1.29 is 9.53 Å². The van der Waals surface area contributed by atoms with Crippen LogP contribution < -0.4 is 4.74 Å². The van der Waals surface area contributed by atoms with E-state index < -0.39 is 0 Å². The van der Waals surface area contributed by atoms with Gasteiger partial charge in [-0.05, 0) is 54.3 Å². The van der Waals surface area contributed by atoms with Crippen LogP contribution in [0.15, 0.2) is 54.9 Å². The zero-order valence-corrected chi connectivity index (χ0v) is 14.3. The first kappa shape index (κ1) is 17.7. The van der Waals surface area contributed by atoms with E-state index in [0.29, 0.717) is 6.54 Å². The zero-order valence-electron chi connectivity index (χ0n) is 14.3. The molecule has 0 unspecified atom stereocenters. The van der Waals surface area contributed by atoms with Crippen LogP contribution in [0.1, 0.15) is 24.5 Å². The minimum atomic E-state index is -0.00429. The van der Waals surface area contributed by atoms with Crippen molar-refractivity contribution in [2.24, 2.45) is 0 Å². The van der Waals surface area contributed by atoms with Crippen LogP contribution in [0.4, 0.5) is 0 Å². The van der Waals surface area contributed by atoms with Gasteiger partial charge in [0.05, 0.1) is 6.61 Å². The second-order valence-electron chi connectivity index (χ2n) is 5.62. The lowest BCUT2D eigenvalue weighted by Crippen LogP contribution is -2.27. The van der Waals surface area contributed by atoms with Crippen LogP contribution >= 0.6 is 0 Å². The summed E-state index contributed by atoms with van der Waals surface area (Å²) in [5.41, 5.74) is 2.16. The molecule has 0 aliphatic carbocycles. The van der Waals surface area contributed by atoms with Crippen LogP contribution in [-0.2, 0) is 11.2 Å². The van der Waals surface area contributed by atoms with Gasteiger partial charge in [0.1, 0.15) is 5.75 Å². The summed E-state index contributed by atoms with van der Waals surface area (Å²) in [6, 6.07) is 11.7. The Morgan fingerprint density at radius 1 is 1.17 bits per heavy atom. The monoisotopic (exact) mass is 324 g/mol. The topological polar surface area (TPSA) is 42.4 Å². The van der Waals surface area contributed by atoms with E-state index >= 15 is 0 Å². The Kier molecular flexibility index (Phi) is 7.02. The highest BCUT2D eigenvalue weighted by molar-refractivity contribution is 5.91. The number of ether oxygens (including phenoxy) is 1. The van der Waals surface area contributed by atoms with E-state index in [4.69, 9.17) is 4.74 Å². The van der Waals surface area contributed by atoms with Crippen LogP contribution in [0.2, 0.25) is 0 Å². The van der Waals surface area contributed by atoms with E-state index in [1.807, 2.05) is 49.5 Å². The molecule has 24 heavy (non-hydrogen) atoms. The second kappa shape index (κ2) is 9.50. The van der Waals surface area contributed by atoms with Gasteiger partial charge in [0, 0.05) is 32.1 Å². The maximum Gasteiger partial charge on any atom is 0.246 e. The molecule has 4 nitrogen and oxygen atoms in total. The van der Waals surface area contributed by atoms with Gasteiger partial charge in [-0.15, -0.1) is 0 Å². The molecule has 2 rings (SSSR count). The molecule has 1 heterocycles. The van der Waals surface area contributed by atoms with Gasteiger partial charge in [-0.2, -0.15) is 0 Å². The van der Waals surface area contributed by atoms with Crippen molar-refractivity contribution in [1.82, 2.24) is 9.88 Å². The lowest BCUT2D eigenvalue weighted by Gasteiger charge is -2.14. The molecule has 0 radical (unpaired) electrons. The molecule has 0 N–H and O–H groups in total. The van der Waals surface area contributed by atoms with Gasteiger partial charge >= 0.3 is 0 Å². The third-order valence-corrected chi connectivity index (χ3v) is 3.63. The summed E-state index contributed by atoms with van der Waals surface area (Å²) in [5, 5.41) is 0. The molecule has 4 heteroatoms. The van der Waals surface area contributed by atoms with Crippen LogP contribution in [0.25, 0.3) is 6.08 Å². The van der Waals surface area contributed by atoms with Crippen molar-refractivity contribution in [3.8, 4) is 5.75 Å². The van der Waals surface area contributed by atoms with Crippen molar-refractivity contribution in [2.45, 2.75) is 19.8 Å². The van der Waals surface area contributed by atoms with E-state index in [9.17, 15) is 4.79 Å². The Morgan fingerprint density at radius 3 is 2.54 bits per heavy atom. The number of rotatable bonds is 8. The van der Waals surface area contributed by atoms with Crippen molar-refractivity contribution >= 4 is 12.0 Å². The third-order valence-electron chi connectivity index (χ3n) is 3.63. The number of carbonyl (C=O) groups is 1. The predicted octanol–water partition coefficient (Wildman–Crippen LogP) is 3.58. The molecule has 1 aromatic heterocycles. The number of aromatic nitrogens is 1. The highest BCUT2D eigenvalue weighted by atomic mass is 16.5. The van der Waals surface area contributed by atoms with E-state index in [2.05, 4.69) is 11.9 Å². The largest absolute Gasteiger partial charge is 0.494 e. The Hall–Kier alpha value is -2.62. The molecule has 126 valence electrons. The normalized spacial score (nSPS) is 10.8. The average Bonchev–Trinajstić information content (AvgIpc) is 2.64. The SMILES string of the molecule is CCCOc1ccc(/C=C/C(=O)N(C)CCc2ccncc2)cc1. The van der Waals surface area contributed by atoms with Crippen molar-refractivity contribution in [2.75, 3.05) is 20.2 Å². The van der Waals surface area contributed by atoms with E-state index in [1.54, 1.807) is 23.4 Å². The summed E-state index contributed by atoms with van der Waals surface area (Å²) < 4.78 is 5.54. The maximum atomic E-state index is 12.1. The van der Waals surface area contributed by atoms with Gasteiger partial charge in [0.25, 0.3) is 0 Å². The molecule has 0 saturated carbocycles. The quantitative estimate of drug-likeness (QED) is 0.697. The number of hydrogen-bond acceptors (Lipinski definition) is 3.